The van der Waals surface area contributed by atoms with Crippen LogP contribution in [0.4, 0.5) is 9.52 Å². The predicted octanol–water partition coefficient (Wildman–Crippen LogP) is 1.48. The van der Waals surface area contributed by atoms with Gasteiger partial charge in [0.05, 0.1) is 5.56 Å². The zero-order valence-corrected chi connectivity index (χ0v) is 11.6. The van der Waals surface area contributed by atoms with Gasteiger partial charge < -0.3 is 5.11 Å². The summed E-state index contributed by atoms with van der Waals surface area (Å²) in [6.07, 6.45) is 0. The van der Waals surface area contributed by atoms with Crippen molar-refractivity contribution in [3.8, 4) is 0 Å². The summed E-state index contributed by atoms with van der Waals surface area (Å²) >= 11 is 0.974. The van der Waals surface area contributed by atoms with E-state index in [9.17, 15) is 17.6 Å². The zero-order chi connectivity index (χ0) is 14.9. The van der Waals surface area contributed by atoms with Crippen molar-refractivity contribution in [2.75, 3.05) is 4.72 Å². The first-order valence-electron chi connectivity index (χ1n) is 5.15. The lowest BCUT2D eigenvalue weighted by molar-refractivity contribution is 0.0696. The number of nitrogens with one attached hydrogen (secondary N) is 1. The summed E-state index contributed by atoms with van der Waals surface area (Å²) in [5.41, 5.74) is -0.333. The molecule has 0 saturated carbocycles. The number of carbonyl (C=O) groups is 1. The van der Waals surface area contributed by atoms with Crippen LogP contribution in [0, 0.1) is 12.7 Å². The Hall–Kier alpha value is -2.07. The van der Waals surface area contributed by atoms with E-state index in [4.69, 9.17) is 5.11 Å². The number of aromatic nitrogens is 2. The molecule has 0 aliphatic rings. The second-order valence-corrected chi connectivity index (χ2v) is 6.51. The largest absolute Gasteiger partial charge is 0.478 e. The molecule has 2 rings (SSSR count). The Morgan fingerprint density at radius 3 is 2.65 bits per heavy atom. The molecule has 1 aromatic carbocycles. The molecular formula is C10H8FN3O4S2. The smallest absolute Gasteiger partial charge is 0.335 e. The summed E-state index contributed by atoms with van der Waals surface area (Å²) in [5, 5.41) is 16.5. The van der Waals surface area contributed by atoms with Crippen LogP contribution in [0.1, 0.15) is 15.4 Å². The van der Waals surface area contributed by atoms with Crippen LogP contribution >= 0.6 is 11.3 Å². The Morgan fingerprint density at radius 2 is 2.10 bits per heavy atom. The van der Waals surface area contributed by atoms with Crippen molar-refractivity contribution in [2.45, 2.75) is 11.8 Å². The molecule has 1 heterocycles. The lowest BCUT2D eigenvalue weighted by atomic mass is 10.2. The quantitative estimate of drug-likeness (QED) is 0.884. The SMILES string of the molecule is Cc1nnc(NS(=O)(=O)c2cc(C(=O)O)ccc2F)s1. The van der Waals surface area contributed by atoms with Gasteiger partial charge in [0.25, 0.3) is 10.0 Å². The molecule has 10 heteroatoms. The van der Waals surface area contributed by atoms with Gasteiger partial charge in [-0.2, -0.15) is 0 Å². The molecule has 0 fully saturated rings. The van der Waals surface area contributed by atoms with Crippen molar-refractivity contribution >= 4 is 32.5 Å². The summed E-state index contributed by atoms with van der Waals surface area (Å²) in [5.74, 6) is -2.41. The fraction of sp³-hybridized carbons (Fsp3) is 0.100. The molecule has 0 amide bonds. The first-order valence-corrected chi connectivity index (χ1v) is 7.45. The van der Waals surface area contributed by atoms with Gasteiger partial charge in [-0.05, 0) is 25.1 Å². The van der Waals surface area contributed by atoms with Gasteiger partial charge in [0.1, 0.15) is 15.7 Å². The molecule has 0 aliphatic carbocycles. The Kier molecular flexibility index (Phi) is 3.68. The highest BCUT2D eigenvalue weighted by Crippen LogP contribution is 2.22. The number of anilines is 1. The van der Waals surface area contributed by atoms with E-state index in [0.717, 1.165) is 29.5 Å². The molecule has 0 bridgehead atoms. The molecule has 20 heavy (non-hydrogen) atoms. The molecular weight excluding hydrogens is 309 g/mol. The van der Waals surface area contributed by atoms with Crippen LogP contribution in [-0.4, -0.2) is 29.7 Å². The zero-order valence-electron chi connectivity index (χ0n) is 9.99. The Bertz CT molecular complexity index is 773. The lowest BCUT2D eigenvalue weighted by Gasteiger charge is -2.06. The first-order chi connectivity index (χ1) is 9.29. The normalized spacial score (nSPS) is 11.3. The van der Waals surface area contributed by atoms with Gasteiger partial charge in [0, 0.05) is 0 Å². The van der Waals surface area contributed by atoms with Crippen molar-refractivity contribution in [1.82, 2.24) is 10.2 Å². The third-order valence-corrected chi connectivity index (χ3v) is 4.45. The summed E-state index contributed by atoms with van der Waals surface area (Å²) in [6.45, 7) is 1.63. The van der Waals surface area contributed by atoms with Crippen LogP contribution in [0.3, 0.4) is 0 Å². The molecule has 7 nitrogen and oxygen atoms in total. The molecule has 2 aromatic rings. The molecule has 0 spiro atoms. The maximum absolute atomic E-state index is 13.6. The fourth-order valence-corrected chi connectivity index (χ4v) is 3.28. The van der Waals surface area contributed by atoms with Gasteiger partial charge in [0.2, 0.25) is 5.13 Å². The number of hydrogen-bond acceptors (Lipinski definition) is 6. The second kappa shape index (κ2) is 5.13. The van der Waals surface area contributed by atoms with Crippen molar-refractivity contribution in [3.63, 3.8) is 0 Å². The van der Waals surface area contributed by atoms with E-state index in [1.54, 1.807) is 6.92 Å². The van der Waals surface area contributed by atoms with Gasteiger partial charge in [-0.25, -0.2) is 17.6 Å². The summed E-state index contributed by atoms with van der Waals surface area (Å²) < 4.78 is 39.6. The van der Waals surface area contributed by atoms with Crippen molar-refractivity contribution in [3.05, 3.63) is 34.6 Å². The van der Waals surface area contributed by atoms with E-state index in [1.165, 1.54) is 0 Å². The number of aryl methyl sites for hydroxylation is 1. The lowest BCUT2D eigenvalue weighted by Crippen LogP contribution is -2.15. The van der Waals surface area contributed by atoms with Crippen LogP contribution in [0.25, 0.3) is 0 Å². The fourth-order valence-electron chi connectivity index (χ4n) is 1.35. The van der Waals surface area contributed by atoms with Gasteiger partial charge in [-0.15, -0.1) is 10.2 Å². The highest BCUT2D eigenvalue weighted by molar-refractivity contribution is 7.93. The van der Waals surface area contributed by atoms with Crippen LogP contribution in [0.15, 0.2) is 23.1 Å². The standard InChI is InChI=1S/C10H8FN3O4S2/c1-5-12-13-10(19-5)14-20(17,18)8-4-6(9(15)16)2-3-7(8)11/h2-4H,1H3,(H,13,14)(H,15,16). The van der Waals surface area contributed by atoms with Crippen molar-refractivity contribution in [2.24, 2.45) is 0 Å². The van der Waals surface area contributed by atoms with Crippen LogP contribution in [0.2, 0.25) is 0 Å². The number of benzene rings is 1. The van der Waals surface area contributed by atoms with Crippen molar-refractivity contribution in [1.29, 1.82) is 0 Å². The summed E-state index contributed by atoms with van der Waals surface area (Å²) in [7, 11) is -4.27. The molecule has 1 aromatic heterocycles. The number of nitrogens with zero attached hydrogens (tertiary/aromatic N) is 2. The number of sulfonamides is 1. The van der Waals surface area contributed by atoms with Crippen LogP contribution in [-0.2, 0) is 10.0 Å². The highest BCUT2D eigenvalue weighted by Gasteiger charge is 2.22. The molecule has 0 aliphatic heterocycles. The minimum Gasteiger partial charge on any atom is -0.478 e. The average molecular weight is 317 g/mol. The predicted molar refractivity (Wildman–Crippen MR) is 68.8 cm³/mol. The Balaban J connectivity index is 2.43. The Morgan fingerprint density at radius 1 is 1.40 bits per heavy atom. The first kappa shape index (κ1) is 14.3. The minimum atomic E-state index is -4.27. The molecule has 2 N–H and O–H groups in total. The number of halogens is 1. The number of hydrogen-bond donors (Lipinski definition) is 2. The van der Waals surface area contributed by atoms with Gasteiger partial charge >= 0.3 is 5.97 Å². The number of rotatable bonds is 4. The third-order valence-electron chi connectivity index (χ3n) is 2.22. The maximum Gasteiger partial charge on any atom is 0.335 e. The van der Waals surface area contributed by atoms with Gasteiger partial charge in [-0.3, -0.25) is 4.72 Å². The monoisotopic (exact) mass is 317 g/mol. The molecule has 0 radical (unpaired) electrons. The van der Waals surface area contributed by atoms with E-state index in [2.05, 4.69) is 10.2 Å². The van der Waals surface area contributed by atoms with E-state index in [1.807, 2.05) is 4.72 Å². The molecule has 106 valence electrons. The topological polar surface area (TPSA) is 109 Å². The molecule has 0 saturated heterocycles. The Labute approximate surface area is 117 Å². The minimum absolute atomic E-state index is 0.0253. The van der Waals surface area contributed by atoms with E-state index in [-0.39, 0.29) is 10.7 Å². The maximum atomic E-state index is 13.6. The van der Waals surface area contributed by atoms with Gasteiger partial charge in [-0.1, -0.05) is 11.3 Å². The number of carboxylic acid groups (broad SMARTS) is 1. The molecule has 0 unspecified atom stereocenters. The third kappa shape index (κ3) is 2.91. The van der Waals surface area contributed by atoms with Crippen LogP contribution in [0.5, 0.6) is 0 Å². The summed E-state index contributed by atoms with van der Waals surface area (Å²) in [6, 6.07) is 2.50. The summed E-state index contributed by atoms with van der Waals surface area (Å²) in [4.78, 5) is 10.0. The second-order valence-electron chi connectivity index (χ2n) is 3.68. The van der Waals surface area contributed by atoms with Gasteiger partial charge in [0.15, 0.2) is 0 Å². The number of aromatic carboxylic acids is 1. The van der Waals surface area contributed by atoms with E-state index >= 15 is 0 Å². The van der Waals surface area contributed by atoms with E-state index in [0.29, 0.717) is 5.01 Å². The van der Waals surface area contributed by atoms with E-state index < -0.39 is 26.7 Å². The van der Waals surface area contributed by atoms with Crippen molar-refractivity contribution < 1.29 is 22.7 Å². The average Bonchev–Trinajstić information content (AvgIpc) is 2.73. The number of carboxylic acids is 1. The van der Waals surface area contributed by atoms with Crippen LogP contribution < -0.4 is 4.72 Å². The highest BCUT2D eigenvalue weighted by atomic mass is 32.2. The molecule has 0 atom stereocenters.